The van der Waals surface area contributed by atoms with E-state index in [1.807, 2.05) is 25.1 Å². The lowest BCUT2D eigenvalue weighted by molar-refractivity contribution is 0.188. The van der Waals surface area contributed by atoms with Crippen molar-refractivity contribution in [3.8, 4) is 6.07 Å². The van der Waals surface area contributed by atoms with E-state index in [1.165, 1.54) is 0 Å². The Morgan fingerprint density at radius 2 is 1.92 bits per heavy atom. The lowest BCUT2D eigenvalue weighted by Gasteiger charge is -2.36. The first-order valence-corrected chi connectivity index (χ1v) is 8.62. The lowest BCUT2D eigenvalue weighted by Crippen LogP contribution is -2.47. The van der Waals surface area contributed by atoms with Crippen LogP contribution in [0.5, 0.6) is 0 Å². The third-order valence-electron chi connectivity index (χ3n) is 4.98. The van der Waals surface area contributed by atoms with Crippen molar-refractivity contribution in [3.05, 3.63) is 41.5 Å². The van der Waals surface area contributed by atoms with Gasteiger partial charge < -0.3 is 10.0 Å². The second-order valence-corrected chi connectivity index (χ2v) is 6.48. The van der Waals surface area contributed by atoms with Crippen molar-refractivity contribution in [3.63, 3.8) is 0 Å². The third-order valence-corrected chi connectivity index (χ3v) is 4.98. The number of hydrogen-bond donors (Lipinski definition) is 1. The second-order valence-electron chi connectivity index (χ2n) is 6.48. The number of aliphatic hydroxyl groups is 1. The molecule has 6 nitrogen and oxygen atoms in total. The van der Waals surface area contributed by atoms with Crippen LogP contribution in [0.1, 0.15) is 11.1 Å². The number of aryl methyl sites for hydroxylation is 1. The number of nitriles is 1. The van der Waals surface area contributed by atoms with Crippen LogP contribution in [0.4, 0.5) is 5.82 Å². The number of β-amino-alcohol motifs (C(OH)–C–C–N with tert-alkyl or cyclic N) is 1. The highest BCUT2D eigenvalue weighted by atomic mass is 35.5. The first-order valence-electron chi connectivity index (χ1n) is 8.62. The number of aliphatic hydroxyl groups excluding tert-OH is 1. The van der Waals surface area contributed by atoms with E-state index in [1.54, 1.807) is 0 Å². The Labute approximate surface area is 158 Å². The number of imidazole rings is 1. The Hall–Kier alpha value is -2.33. The summed E-state index contributed by atoms with van der Waals surface area (Å²) < 4.78 is 2.11. The van der Waals surface area contributed by atoms with Gasteiger partial charge in [0, 0.05) is 32.7 Å². The fourth-order valence-electron chi connectivity index (χ4n) is 3.65. The maximum Gasteiger partial charge on any atom is 0.157 e. The molecule has 0 aliphatic carbocycles. The molecule has 4 rings (SSSR count). The average molecular weight is 372 g/mol. The molecule has 1 aromatic carbocycles. The molecule has 0 unspecified atom stereocenters. The molecule has 1 aliphatic rings. The number of halogens is 1. The Morgan fingerprint density at radius 1 is 1.19 bits per heavy atom. The number of pyridine rings is 1. The van der Waals surface area contributed by atoms with Gasteiger partial charge in [-0.2, -0.15) is 5.26 Å². The van der Waals surface area contributed by atoms with Gasteiger partial charge in [0.2, 0.25) is 0 Å². The minimum atomic E-state index is 0. The zero-order chi connectivity index (χ0) is 17.4. The Kier molecular flexibility index (Phi) is 5.33. The van der Waals surface area contributed by atoms with Gasteiger partial charge in [0.05, 0.1) is 23.2 Å². The highest BCUT2D eigenvalue weighted by molar-refractivity contribution is 5.86. The summed E-state index contributed by atoms with van der Waals surface area (Å²) in [6.07, 6.45) is 0. The molecule has 26 heavy (non-hydrogen) atoms. The molecule has 0 bridgehead atoms. The highest BCUT2D eigenvalue weighted by Gasteiger charge is 2.22. The van der Waals surface area contributed by atoms with Gasteiger partial charge in [-0.3, -0.25) is 9.30 Å². The minimum Gasteiger partial charge on any atom is -0.395 e. The summed E-state index contributed by atoms with van der Waals surface area (Å²) in [6, 6.07) is 12.4. The van der Waals surface area contributed by atoms with Crippen molar-refractivity contribution in [1.82, 2.24) is 14.3 Å². The van der Waals surface area contributed by atoms with Crippen molar-refractivity contribution in [2.75, 3.05) is 44.2 Å². The molecule has 7 heteroatoms. The molecule has 0 atom stereocenters. The SMILES string of the molecule is Cc1cc(N2CCN(CCO)CC2)n2c(nc3ccccc32)c1C#N.Cl. The molecule has 0 radical (unpaired) electrons. The summed E-state index contributed by atoms with van der Waals surface area (Å²) in [5.74, 6) is 1.09. The summed E-state index contributed by atoms with van der Waals surface area (Å²) in [7, 11) is 0. The third kappa shape index (κ3) is 2.99. The van der Waals surface area contributed by atoms with Gasteiger partial charge >= 0.3 is 0 Å². The molecule has 3 heterocycles. The Balaban J connectivity index is 0.00000196. The second kappa shape index (κ2) is 7.50. The van der Waals surface area contributed by atoms with E-state index in [9.17, 15) is 5.26 Å². The van der Waals surface area contributed by atoms with Crippen LogP contribution >= 0.6 is 12.4 Å². The number of rotatable bonds is 3. The van der Waals surface area contributed by atoms with E-state index in [2.05, 4.69) is 32.4 Å². The Morgan fingerprint density at radius 3 is 2.62 bits per heavy atom. The molecule has 1 aliphatic heterocycles. The van der Waals surface area contributed by atoms with E-state index in [4.69, 9.17) is 10.1 Å². The molecule has 0 spiro atoms. The first kappa shape index (κ1) is 18.5. The molecular weight excluding hydrogens is 350 g/mol. The van der Waals surface area contributed by atoms with Gasteiger partial charge in [-0.25, -0.2) is 4.98 Å². The van der Waals surface area contributed by atoms with E-state index >= 15 is 0 Å². The first-order chi connectivity index (χ1) is 12.2. The lowest BCUT2D eigenvalue weighted by atomic mass is 10.1. The number of piperazine rings is 1. The molecular formula is C19H22ClN5O. The van der Waals surface area contributed by atoms with Crippen LogP contribution < -0.4 is 4.90 Å². The average Bonchev–Trinajstić information content (AvgIpc) is 3.01. The number of fused-ring (bicyclic) bond motifs is 3. The summed E-state index contributed by atoms with van der Waals surface area (Å²) in [4.78, 5) is 9.34. The molecule has 0 amide bonds. The van der Waals surface area contributed by atoms with Crippen molar-refractivity contribution >= 4 is 34.9 Å². The molecule has 1 fully saturated rings. The van der Waals surface area contributed by atoms with Crippen LogP contribution in [-0.4, -0.2) is 58.7 Å². The summed E-state index contributed by atoms with van der Waals surface area (Å²) in [5, 5.41) is 18.7. The summed E-state index contributed by atoms with van der Waals surface area (Å²) in [6.45, 7) is 6.54. The monoisotopic (exact) mass is 371 g/mol. The van der Waals surface area contributed by atoms with Gasteiger partial charge in [0.1, 0.15) is 11.9 Å². The van der Waals surface area contributed by atoms with Gasteiger partial charge in [0.15, 0.2) is 5.65 Å². The topological polar surface area (TPSA) is 67.8 Å². The number of para-hydroxylation sites is 2. The van der Waals surface area contributed by atoms with Gasteiger partial charge in [0.25, 0.3) is 0 Å². The van der Waals surface area contributed by atoms with Crippen molar-refractivity contribution < 1.29 is 5.11 Å². The minimum absolute atomic E-state index is 0. The van der Waals surface area contributed by atoms with E-state index in [0.29, 0.717) is 5.56 Å². The molecule has 0 saturated carbocycles. The normalized spacial score (nSPS) is 15.2. The predicted molar refractivity (Wildman–Crippen MR) is 105 cm³/mol. The quantitative estimate of drug-likeness (QED) is 0.764. The smallest absolute Gasteiger partial charge is 0.157 e. The van der Waals surface area contributed by atoms with Crippen LogP contribution in [0, 0.1) is 18.3 Å². The van der Waals surface area contributed by atoms with Crippen molar-refractivity contribution in [1.29, 1.82) is 5.26 Å². The molecule has 136 valence electrons. The van der Waals surface area contributed by atoms with Crippen LogP contribution in [0.15, 0.2) is 30.3 Å². The maximum absolute atomic E-state index is 9.59. The zero-order valence-corrected chi connectivity index (χ0v) is 15.5. The van der Waals surface area contributed by atoms with Crippen LogP contribution in [-0.2, 0) is 0 Å². The predicted octanol–water partition coefficient (Wildman–Crippen LogP) is 2.20. The number of aromatic nitrogens is 2. The zero-order valence-electron chi connectivity index (χ0n) is 14.7. The van der Waals surface area contributed by atoms with Crippen molar-refractivity contribution in [2.24, 2.45) is 0 Å². The van der Waals surface area contributed by atoms with Crippen LogP contribution in [0.2, 0.25) is 0 Å². The van der Waals surface area contributed by atoms with Gasteiger partial charge in [-0.1, -0.05) is 12.1 Å². The molecule has 1 saturated heterocycles. The van der Waals surface area contributed by atoms with Crippen molar-refractivity contribution in [2.45, 2.75) is 6.92 Å². The molecule has 3 aromatic rings. The van der Waals surface area contributed by atoms with E-state index < -0.39 is 0 Å². The van der Waals surface area contributed by atoms with Gasteiger partial charge in [-0.05, 0) is 30.7 Å². The maximum atomic E-state index is 9.59. The largest absolute Gasteiger partial charge is 0.395 e. The molecule has 2 aromatic heterocycles. The fraction of sp³-hybridized carbons (Fsp3) is 0.368. The Bertz CT molecular complexity index is 969. The van der Waals surface area contributed by atoms with Gasteiger partial charge in [-0.15, -0.1) is 12.4 Å². The molecule has 1 N–H and O–H groups in total. The number of nitrogens with zero attached hydrogens (tertiary/aromatic N) is 5. The van der Waals surface area contributed by atoms with E-state index in [0.717, 1.165) is 60.8 Å². The number of hydrogen-bond acceptors (Lipinski definition) is 5. The van der Waals surface area contributed by atoms with Crippen LogP contribution in [0.3, 0.4) is 0 Å². The fourth-order valence-corrected chi connectivity index (χ4v) is 3.65. The summed E-state index contributed by atoms with van der Waals surface area (Å²) >= 11 is 0. The standard InChI is InChI=1S/C19H21N5O.ClH/c1-14-12-18(23-8-6-22(7-9-23)10-11-25)24-17-5-3-2-4-16(17)21-19(24)15(14)13-20;/h2-5,12,25H,6-11H2,1H3;1H. The highest BCUT2D eigenvalue weighted by Crippen LogP contribution is 2.29. The van der Waals surface area contributed by atoms with E-state index in [-0.39, 0.29) is 19.0 Å². The van der Waals surface area contributed by atoms with Crippen LogP contribution in [0.25, 0.3) is 16.7 Å². The summed E-state index contributed by atoms with van der Waals surface area (Å²) in [5.41, 5.74) is 4.26. The number of anilines is 1. The number of benzene rings is 1.